The molecule has 0 aliphatic carbocycles. The van der Waals surface area contributed by atoms with E-state index in [1.807, 2.05) is 6.92 Å². The molecule has 26 heavy (non-hydrogen) atoms. The topological polar surface area (TPSA) is 125 Å². The van der Waals surface area contributed by atoms with E-state index in [0.29, 0.717) is 21.5 Å². The highest BCUT2D eigenvalue weighted by atomic mass is 32.2. The highest BCUT2D eigenvalue weighted by Gasteiger charge is 2.37. The standard InChI is InChI=1S/C15H16FN5O4S/c1-8-5-17-9(2)19-15(8)18-6-10-3-11(16)14(12(22)4-10)21-7-13(23)20-26(21,24)25/h3-5,22H,6-7H2,1-2H3,(H,20,23)(H,17,18,19). The third-order valence-electron chi connectivity index (χ3n) is 3.72. The Labute approximate surface area is 149 Å². The molecule has 0 radical (unpaired) electrons. The Balaban J connectivity index is 1.86. The van der Waals surface area contributed by atoms with Gasteiger partial charge in [0.1, 0.15) is 29.6 Å². The summed E-state index contributed by atoms with van der Waals surface area (Å²) in [5.74, 6) is -1.21. The number of hydrogen-bond donors (Lipinski definition) is 3. The molecule has 0 bridgehead atoms. The fraction of sp³-hybridized carbons (Fsp3) is 0.267. The summed E-state index contributed by atoms with van der Waals surface area (Å²) >= 11 is 0. The van der Waals surface area contributed by atoms with Gasteiger partial charge in [-0.25, -0.2) is 23.4 Å². The van der Waals surface area contributed by atoms with Crippen LogP contribution >= 0.6 is 0 Å². The molecule has 3 N–H and O–H groups in total. The first-order valence-corrected chi connectivity index (χ1v) is 9.00. The third kappa shape index (κ3) is 3.38. The SMILES string of the molecule is Cc1ncc(C)c(NCc2cc(O)c(N3CC(=O)NS3(=O)=O)c(F)c2)n1. The van der Waals surface area contributed by atoms with Crippen molar-refractivity contribution in [1.29, 1.82) is 0 Å². The van der Waals surface area contributed by atoms with Crippen molar-refractivity contribution in [2.75, 3.05) is 16.2 Å². The minimum atomic E-state index is -4.21. The number of amides is 1. The lowest BCUT2D eigenvalue weighted by molar-refractivity contribution is -0.117. The third-order valence-corrected chi connectivity index (χ3v) is 5.10. The van der Waals surface area contributed by atoms with Gasteiger partial charge in [-0.05, 0) is 31.5 Å². The summed E-state index contributed by atoms with van der Waals surface area (Å²) in [7, 11) is -4.21. The number of nitrogens with one attached hydrogen (secondary N) is 2. The lowest BCUT2D eigenvalue weighted by Crippen LogP contribution is -2.30. The lowest BCUT2D eigenvalue weighted by atomic mass is 10.1. The van der Waals surface area contributed by atoms with Gasteiger partial charge in [0, 0.05) is 18.3 Å². The number of halogens is 1. The molecule has 1 saturated heterocycles. The zero-order valence-corrected chi connectivity index (χ0v) is 14.8. The quantitative estimate of drug-likeness (QED) is 0.713. The summed E-state index contributed by atoms with van der Waals surface area (Å²) in [5.41, 5.74) is 0.598. The first kappa shape index (κ1) is 17.9. The van der Waals surface area contributed by atoms with Gasteiger partial charge in [0.25, 0.3) is 5.91 Å². The van der Waals surface area contributed by atoms with Crippen molar-refractivity contribution < 1.29 is 22.7 Å². The van der Waals surface area contributed by atoms with Crippen LogP contribution in [0.25, 0.3) is 0 Å². The van der Waals surface area contributed by atoms with E-state index in [2.05, 4.69) is 15.3 Å². The molecule has 1 fully saturated rings. The molecule has 1 aliphatic rings. The molecule has 2 aromatic rings. The maximum absolute atomic E-state index is 14.4. The molecule has 138 valence electrons. The second-order valence-electron chi connectivity index (χ2n) is 5.78. The Morgan fingerprint density at radius 3 is 2.73 bits per heavy atom. The van der Waals surface area contributed by atoms with Gasteiger partial charge in [-0.1, -0.05) is 0 Å². The normalized spacial score (nSPS) is 15.8. The van der Waals surface area contributed by atoms with E-state index >= 15 is 0 Å². The molecular formula is C15H16FN5O4S. The summed E-state index contributed by atoms with van der Waals surface area (Å²) in [5, 5.41) is 13.1. The number of anilines is 2. The molecule has 1 aliphatic heterocycles. The number of nitrogens with zero attached hydrogens (tertiary/aromatic N) is 3. The predicted octanol–water partition coefficient (Wildman–Crippen LogP) is 0.731. The van der Waals surface area contributed by atoms with Crippen LogP contribution in [0.5, 0.6) is 5.75 Å². The number of aromatic hydroxyl groups is 1. The molecule has 0 atom stereocenters. The molecule has 1 aromatic heterocycles. The van der Waals surface area contributed by atoms with Gasteiger partial charge in [0.05, 0.1) is 0 Å². The summed E-state index contributed by atoms with van der Waals surface area (Å²) in [4.78, 5) is 19.6. The fourth-order valence-corrected chi connectivity index (χ4v) is 3.70. The number of hydrogen-bond acceptors (Lipinski definition) is 7. The van der Waals surface area contributed by atoms with Crippen LogP contribution in [-0.4, -0.2) is 35.9 Å². The van der Waals surface area contributed by atoms with E-state index in [1.54, 1.807) is 17.8 Å². The molecule has 3 rings (SSSR count). The maximum atomic E-state index is 14.4. The van der Waals surface area contributed by atoms with E-state index < -0.39 is 39.9 Å². The van der Waals surface area contributed by atoms with Crippen molar-refractivity contribution in [3.8, 4) is 5.75 Å². The Kier molecular flexibility index (Phi) is 4.40. The molecule has 11 heteroatoms. The van der Waals surface area contributed by atoms with Gasteiger partial charge < -0.3 is 10.4 Å². The minimum Gasteiger partial charge on any atom is -0.506 e. The van der Waals surface area contributed by atoms with Crippen LogP contribution in [0.15, 0.2) is 18.3 Å². The zero-order valence-electron chi connectivity index (χ0n) is 13.9. The van der Waals surface area contributed by atoms with Crippen molar-refractivity contribution in [2.24, 2.45) is 0 Å². The summed E-state index contributed by atoms with van der Waals surface area (Å²) in [6, 6.07) is 2.32. The Bertz CT molecular complexity index is 973. The number of benzene rings is 1. The van der Waals surface area contributed by atoms with Gasteiger partial charge in [-0.15, -0.1) is 0 Å². The molecule has 1 amide bonds. The van der Waals surface area contributed by atoms with Crippen LogP contribution in [0.2, 0.25) is 0 Å². The summed E-state index contributed by atoms with van der Waals surface area (Å²) in [6.07, 6.45) is 1.65. The van der Waals surface area contributed by atoms with E-state index in [4.69, 9.17) is 0 Å². The number of carbonyl (C=O) groups excluding carboxylic acids is 1. The number of carbonyl (C=O) groups is 1. The van der Waals surface area contributed by atoms with Gasteiger partial charge >= 0.3 is 10.2 Å². The van der Waals surface area contributed by atoms with Crippen LogP contribution in [0.4, 0.5) is 15.9 Å². The number of aromatic nitrogens is 2. The Morgan fingerprint density at radius 2 is 2.12 bits per heavy atom. The second kappa shape index (κ2) is 6.41. The van der Waals surface area contributed by atoms with Gasteiger partial charge in [0.15, 0.2) is 5.82 Å². The largest absolute Gasteiger partial charge is 0.506 e. The van der Waals surface area contributed by atoms with Crippen molar-refractivity contribution in [3.63, 3.8) is 0 Å². The molecule has 2 heterocycles. The summed E-state index contributed by atoms with van der Waals surface area (Å²) < 4.78 is 40.3. The van der Waals surface area contributed by atoms with Crippen LogP contribution < -0.4 is 14.3 Å². The van der Waals surface area contributed by atoms with Crippen molar-refractivity contribution in [2.45, 2.75) is 20.4 Å². The zero-order chi connectivity index (χ0) is 19.1. The minimum absolute atomic E-state index is 0.145. The van der Waals surface area contributed by atoms with Crippen LogP contribution in [-0.2, 0) is 21.5 Å². The second-order valence-corrected chi connectivity index (χ2v) is 7.38. The molecule has 0 saturated carbocycles. The van der Waals surface area contributed by atoms with E-state index in [0.717, 1.165) is 11.6 Å². The van der Waals surface area contributed by atoms with Gasteiger partial charge in [0.2, 0.25) is 0 Å². The van der Waals surface area contributed by atoms with E-state index in [9.17, 15) is 22.7 Å². The van der Waals surface area contributed by atoms with Crippen molar-refractivity contribution in [3.05, 3.63) is 41.1 Å². The van der Waals surface area contributed by atoms with Gasteiger partial charge in [-0.2, -0.15) is 8.42 Å². The maximum Gasteiger partial charge on any atom is 0.326 e. The lowest BCUT2D eigenvalue weighted by Gasteiger charge is -2.18. The van der Waals surface area contributed by atoms with Crippen LogP contribution in [0, 0.1) is 19.7 Å². The smallest absolute Gasteiger partial charge is 0.326 e. The molecule has 0 spiro atoms. The first-order chi connectivity index (χ1) is 12.2. The van der Waals surface area contributed by atoms with E-state index in [-0.39, 0.29) is 6.54 Å². The number of aryl methyl sites for hydroxylation is 2. The molecule has 1 aromatic carbocycles. The molecule has 9 nitrogen and oxygen atoms in total. The number of phenols is 1. The molecular weight excluding hydrogens is 365 g/mol. The Morgan fingerprint density at radius 1 is 1.38 bits per heavy atom. The molecule has 0 unspecified atom stereocenters. The number of phenolic OH excluding ortho intramolecular Hbond substituents is 1. The highest BCUT2D eigenvalue weighted by molar-refractivity contribution is 7.92. The average Bonchev–Trinajstić information content (AvgIpc) is 2.80. The Hall–Kier alpha value is -2.95. The fourth-order valence-electron chi connectivity index (χ4n) is 2.53. The first-order valence-electron chi connectivity index (χ1n) is 7.56. The van der Waals surface area contributed by atoms with Crippen LogP contribution in [0.3, 0.4) is 0 Å². The van der Waals surface area contributed by atoms with Crippen molar-refractivity contribution >= 4 is 27.6 Å². The monoisotopic (exact) mass is 381 g/mol. The highest BCUT2D eigenvalue weighted by Crippen LogP contribution is 2.34. The average molecular weight is 381 g/mol. The van der Waals surface area contributed by atoms with Crippen LogP contribution in [0.1, 0.15) is 17.0 Å². The van der Waals surface area contributed by atoms with E-state index in [1.165, 1.54) is 6.07 Å². The van der Waals surface area contributed by atoms with Gasteiger partial charge in [-0.3, -0.25) is 4.79 Å². The predicted molar refractivity (Wildman–Crippen MR) is 91.3 cm³/mol. The number of rotatable bonds is 4. The van der Waals surface area contributed by atoms with Crippen molar-refractivity contribution in [1.82, 2.24) is 14.7 Å². The summed E-state index contributed by atoms with van der Waals surface area (Å²) in [6.45, 7) is 3.09.